The number of H-pyrrole nitrogens is 1. The number of hydrogen-bond acceptors (Lipinski definition) is 7. The van der Waals surface area contributed by atoms with Crippen molar-refractivity contribution in [1.29, 1.82) is 5.26 Å². The average Bonchev–Trinajstić information content (AvgIpc) is 3.27. The third kappa shape index (κ3) is 3.95. The molecule has 162 valence electrons. The minimum Gasteiger partial charge on any atom is -0.426 e. The van der Waals surface area contributed by atoms with Crippen molar-refractivity contribution in [1.82, 2.24) is 20.1 Å². The summed E-state index contributed by atoms with van der Waals surface area (Å²) >= 11 is 0. The number of ether oxygens (including phenoxy) is 1. The van der Waals surface area contributed by atoms with Gasteiger partial charge in [0.05, 0.1) is 29.9 Å². The van der Waals surface area contributed by atoms with E-state index in [2.05, 4.69) is 44.0 Å². The first-order valence-corrected chi connectivity index (χ1v) is 10.8. The fraction of sp³-hybridized carbons (Fsp3) is 0.333. The first-order chi connectivity index (χ1) is 15.6. The lowest BCUT2D eigenvalue weighted by atomic mass is 10.00. The number of nitriles is 1. The molecule has 3 aromatic rings. The molecule has 0 bridgehead atoms. The van der Waals surface area contributed by atoms with Crippen molar-refractivity contribution in [2.75, 3.05) is 24.5 Å². The Labute approximate surface area is 186 Å². The molecule has 2 aliphatic rings. The van der Waals surface area contributed by atoms with Gasteiger partial charge in [-0.1, -0.05) is 0 Å². The molecule has 0 spiro atoms. The quantitative estimate of drug-likeness (QED) is 0.504. The maximum Gasteiger partial charge on any atom is 0.311 e. The largest absolute Gasteiger partial charge is 0.426 e. The van der Waals surface area contributed by atoms with Gasteiger partial charge < -0.3 is 9.64 Å². The van der Waals surface area contributed by atoms with E-state index in [-0.39, 0.29) is 12.0 Å². The molecule has 8 heteroatoms. The van der Waals surface area contributed by atoms with Crippen molar-refractivity contribution >= 4 is 11.8 Å². The van der Waals surface area contributed by atoms with Gasteiger partial charge in [0.25, 0.3) is 0 Å². The van der Waals surface area contributed by atoms with Gasteiger partial charge in [0.2, 0.25) is 0 Å². The molecule has 32 heavy (non-hydrogen) atoms. The second-order valence-corrected chi connectivity index (χ2v) is 8.36. The van der Waals surface area contributed by atoms with Crippen LogP contribution in [-0.2, 0) is 17.8 Å². The molecular weight excluding hydrogens is 404 g/mol. The molecule has 8 nitrogen and oxygen atoms in total. The number of nitrogens with zero attached hydrogens (tertiary/aromatic N) is 5. The van der Waals surface area contributed by atoms with Gasteiger partial charge in [0.15, 0.2) is 0 Å². The monoisotopic (exact) mass is 428 g/mol. The number of nitrogens with one attached hydrogen (secondary N) is 1. The Morgan fingerprint density at radius 3 is 3.00 bits per heavy atom. The van der Waals surface area contributed by atoms with E-state index in [0.29, 0.717) is 24.2 Å². The molecule has 1 atom stereocenters. The smallest absolute Gasteiger partial charge is 0.311 e. The van der Waals surface area contributed by atoms with E-state index in [4.69, 9.17) is 4.74 Å². The minimum atomic E-state index is -0.171. The second-order valence-electron chi connectivity index (χ2n) is 8.36. The second kappa shape index (κ2) is 8.44. The number of fused-ring (bicyclic) bond motifs is 1. The van der Waals surface area contributed by atoms with E-state index < -0.39 is 0 Å². The molecular formula is C24H24N6O2. The summed E-state index contributed by atoms with van der Waals surface area (Å²) in [4.78, 5) is 20.7. The van der Waals surface area contributed by atoms with Crippen molar-refractivity contribution < 1.29 is 9.53 Å². The van der Waals surface area contributed by atoms with Gasteiger partial charge >= 0.3 is 5.97 Å². The van der Waals surface area contributed by atoms with Crippen molar-refractivity contribution in [3.05, 3.63) is 59.4 Å². The number of piperazine rings is 1. The number of carbonyl (C=O) groups excluding carboxylic acids is 1. The Bertz CT molecular complexity index is 1200. The Morgan fingerprint density at radius 2 is 2.16 bits per heavy atom. The van der Waals surface area contributed by atoms with Gasteiger partial charge in [-0.3, -0.25) is 14.8 Å². The molecule has 2 aromatic heterocycles. The number of aromatic nitrogens is 3. The van der Waals surface area contributed by atoms with Gasteiger partial charge in [-0.05, 0) is 49.2 Å². The van der Waals surface area contributed by atoms with Crippen LogP contribution in [0.3, 0.4) is 0 Å². The molecule has 1 aromatic carbocycles. The number of aryl methyl sites for hydroxylation is 1. The fourth-order valence-electron chi connectivity index (χ4n) is 4.52. The normalized spacial score (nSPS) is 18.7. The van der Waals surface area contributed by atoms with Gasteiger partial charge in [-0.15, -0.1) is 0 Å². The summed E-state index contributed by atoms with van der Waals surface area (Å²) in [6, 6.07) is 12.0. The minimum absolute atomic E-state index is 0.171. The van der Waals surface area contributed by atoms with E-state index in [9.17, 15) is 10.1 Å². The van der Waals surface area contributed by atoms with Crippen LogP contribution in [0.4, 0.5) is 5.82 Å². The Balaban J connectivity index is 1.29. The Kier molecular flexibility index (Phi) is 5.33. The molecule has 0 unspecified atom stereocenters. The van der Waals surface area contributed by atoms with Crippen LogP contribution >= 0.6 is 0 Å². The van der Waals surface area contributed by atoms with Crippen LogP contribution in [0.1, 0.15) is 30.0 Å². The Morgan fingerprint density at radius 1 is 1.25 bits per heavy atom. The summed E-state index contributed by atoms with van der Waals surface area (Å²) in [5.74, 6) is 1.34. The standard InChI is InChI=1S/C24H24N6O2/c1-16-14-29(8-9-30(16)22-10-17(12-25)6-7-26-22)15-20-13-27-28-24(20)19-2-4-21-18(11-19)3-5-23(31)32-21/h2,4,6-7,10-11,13,16H,3,5,8-9,14-15H2,1H3,(H,27,28)/t16-/m1/s1. The van der Waals surface area contributed by atoms with Gasteiger partial charge in [0, 0.05) is 49.5 Å². The number of aromatic amines is 1. The number of benzene rings is 1. The number of hydrogen-bond donors (Lipinski definition) is 1. The van der Waals surface area contributed by atoms with Crippen LogP contribution in [0.5, 0.6) is 5.75 Å². The lowest BCUT2D eigenvalue weighted by molar-refractivity contribution is -0.135. The zero-order chi connectivity index (χ0) is 22.1. The van der Waals surface area contributed by atoms with Crippen LogP contribution in [0.15, 0.2) is 42.7 Å². The molecule has 2 aliphatic heterocycles. The van der Waals surface area contributed by atoms with E-state index in [1.807, 2.05) is 24.4 Å². The zero-order valence-electron chi connectivity index (χ0n) is 17.9. The highest BCUT2D eigenvalue weighted by molar-refractivity contribution is 5.76. The molecule has 1 saturated heterocycles. The molecule has 5 rings (SSSR count). The average molecular weight is 428 g/mol. The number of rotatable bonds is 4. The summed E-state index contributed by atoms with van der Waals surface area (Å²) in [6.45, 7) is 5.62. The maximum absolute atomic E-state index is 11.5. The van der Waals surface area contributed by atoms with E-state index in [1.54, 1.807) is 12.3 Å². The molecule has 0 radical (unpaired) electrons. The van der Waals surface area contributed by atoms with Crippen LogP contribution in [0.2, 0.25) is 0 Å². The van der Waals surface area contributed by atoms with Crippen LogP contribution in [0, 0.1) is 11.3 Å². The van der Waals surface area contributed by atoms with Crippen LogP contribution < -0.4 is 9.64 Å². The molecule has 0 saturated carbocycles. The molecule has 0 amide bonds. The predicted molar refractivity (Wildman–Crippen MR) is 119 cm³/mol. The molecule has 1 fully saturated rings. The predicted octanol–water partition coefficient (Wildman–Crippen LogP) is 2.91. The van der Waals surface area contributed by atoms with Crippen LogP contribution in [0.25, 0.3) is 11.3 Å². The van der Waals surface area contributed by atoms with E-state index >= 15 is 0 Å². The van der Waals surface area contributed by atoms with Crippen molar-refractivity contribution in [2.45, 2.75) is 32.4 Å². The first kappa shape index (κ1) is 20.2. The maximum atomic E-state index is 11.5. The third-order valence-electron chi connectivity index (χ3n) is 6.16. The van der Waals surface area contributed by atoms with Crippen molar-refractivity contribution in [3.63, 3.8) is 0 Å². The lowest BCUT2D eigenvalue weighted by Crippen LogP contribution is -2.51. The van der Waals surface area contributed by atoms with E-state index in [1.165, 1.54) is 0 Å². The molecule has 4 heterocycles. The zero-order valence-corrected chi connectivity index (χ0v) is 17.9. The first-order valence-electron chi connectivity index (χ1n) is 10.8. The number of carbonyl (C=O) groups is 1. The molecule has 0 aliphatic carbocycles. The number of anilines is 1. The van der Waals surface area contributed by atoms with Crippen molar-refractivity contribution in [2.24, 2.45) is 0 Å². The highest BCUT2D eigenvalue weighted by atomic mass is 16.5. The number of pyridine rings is 1. The SMILES string of the molecule is C[C@@H]1CN(Cc2cn[nH]c2-c2ccc3c(c2)CCC(=O)O3)CCN1c1cc(C#N)ccn1. The summed E-state index contributed by atoms with van der Waals surface area (Å²) in [6.07, 6.45) is 4.71. The summed E-state index contributed by atoms with van der Waals surface area (Å²) in [5.41, 5.74) is 4.88. The van der Waals surface area contributed by atoms with Gasteiger partial charge in [-0.2, -0.15) is 10.4 Å². The highest BCUT2D eigenvalue weighted by Crippen LogP contribution is 2.31. The molecule has 1 N–H and O–H groups in total. The number of esters is 1. The lowest BCUT2D eigenvalue weighted by Gasteiger charge is -2.40. The fourth-order valence-corrected chi connectivity index (χ4v) is 4.52. The summed E-state index contributed by atoms with van der Waals surface area (Å²) < 4.78 is 5.33. The van der Waals surface area contributed by atoms with Crippen molar-refractivity contribution in [3.8, 4) is 23.1 Å². The summed E-state index contributed by atoms with van der Waals surface area (Å²) in [5, 5.41) is 16.6. The third-order valence-corrected chi connectivity index (χ3v) is 6.16. The van der Waals surface area contributed by atoms with Crippen LogP contribution in [-0.4, -0.2) is 51.7 Å². The van der Waals surface area contributed by atoms with Gasteiger partial charge in [0.1, 0.15) is 11.6 Å². The topological polar surface area (TPSA) is 98.1 Å². The van der Waals surface area contributed by atoms with E-state index in [0.717, 1.165) is 54.4 Å². The summed E-state index contributed by atoms with van der Waals surface area (Å²) in [7, 11) is 0. The highest BCUT2D eigenvalue weighted by Gasteiger charge is 2.26. The van der Waals surface area contributed by atoms with Gasteiger partial charge in [-0.25, -0.2) is 4.98 Å². The Hall–Kier alpha value is -3.70.